The first-order valence-corrected chi connectivity index (χ1v) is 10.1. The highest BCUT2D eigenvalue weighted by molar-refractivity contribution is 6.09. The van der Waals surface area contributed by atoms with Crippen LogP contribution in [0.25, 0.3) is 0 Å². The summed E-state index contributed by atoms with van der Waals surface area (Å²) in [7, 11) is 0. The summed E-state index contributed by atoms with van der Waals surface area (Å²) in [5.41, 5.74) is 1.27. The van der Waals surface area contributed by atoms with Gasteiger partial charge >= 0.3 is 6.18 Å². The van der Waals surface area contributed by atoms with Crippen molar-refractivity contribution in [3.63, 3.8) is 0 Å². The summed E-state index contributed by atoms with van der Waals surface area (Å²) in [6.45, 7) is 1.66. The molecule has 0 radical (unpaired) electrons. The number of benzene rings is 2. The quantitative estimate of drug-likeness (QED) is 0.619. The Balaban J connectivity index is 1.81. The number of hydrogen-bond donors (Lipinski definition) is 2. The van der Waals surface area contributed by atoms with Gasteiger partial charge in [-0.1, -0.05) is 18.2 Å². The van der Waals surface area contributed by atoms with Crippen LogP contribution in [0.5, 0.6) is 0 Å². The van der Waals surface area contributed by atoms with Crippen LogP contribution in [0.15, 0.2) is 71.1 Å². The van der Waals surface area contributed by atoms with Crippen LogP contribution in [0.2, 0.25) is 0 Å². The number of halogens is 4. The molecule has 32 heavy (non-hydrogen) atoms. The van der Waals surface area contributed by atoms with E-state index in [1.165, 1.54) is 36.4 Å². The van der Waals surface area contributed by atoms with Crippen molar-refractivity contribution in [3.8, 4) is 0 Å². The second-order valence-corrected chi connectivity index (χ2v) is 7.85. The van der Waals surface area contributed by atoms with E-state index in [4.69, 9.17) is 0 Å². The minimum Gasteiger partial charge on any atom is -0.362 e. The van der Waals surface area contributed by atoms with E-state index in [1.807, 2.05) is 0 Å². The molecule has 8 heteroatoms. The minimum absolute atomic E-state index is 0.155. The molecule has 1 atom stereocenters. The van der Waals surface area contributed by atoms with E-state index in [0.29, 0.717) is 35.5 Å². The van der Waals surface area contributed by atoms with Gasteiger partial charge in [-0.15, -0.1) is 0 Å². The second kappa shape index (κ2) is 8.26. The number of carbonyl (C=O) groups excluding carboxylic acids is 2. The highest BCUT2D eigenvalue weighted by atomic mass is 19.4. The van der Waals surface area contributed by atoms with Gasteiger partial charge in [-0.2, -0.15) is 13.2 Å². The zero-order valence-electron chi connectivity index (χ0n) is 17.1. The standard InChI is InChI=1S/C24H20F4N2O2/c1-13-20(23(32)30-17-10-8-16(25)9-11-17)21(22-18(29-13)6-3-7-19(22)31)14-4-2-5-15(12-14)24(26,27)28/h2,4-5,8-12,21,29H,3,6-7H2,1H3,(H,30,32). The highest BCUT2D eigenvalue weighted by Gasteiger charge is 2.39. The molecular weight excluding hydrogens is 424 g/mol. The summed E-state index contributed by atoms with van der Waals surface area (Å²) in [4.78, 5) is 26.1. The number of amides is 1. The van der Waals surface area contributed by atoms with E-state index in [0.717, 1.165) is 12.1 Å². The van der Waals surface area contributed by atoms with Gasteiger partial charge in [0, 0.05) is 40.6 Å². The molecule has 0 saturated carbocycles. The molecule has 1 aliphatic heterocycles. The Bertz CT molecular complexity index is 1150. The zero-order chi connectivity index (χ0) is 23.0. The Hall–Kier alpha value is -3.42. The van der Waals surface area contributed by atoms with Crippen molar-refractivity contribution in [2.24, 2.45) is 0 Å². The predicted molar refractivity (Wildman–Crippen MR) is 111 cm³/mol. The van der Waals surface area contributed by atoms with Gasteiger partial charge in [0.2, 0.25) is 0 Å². The molecule has 166 valence electrons. The van der Waals surface area contributed by atoms with Gasteiger partial charge in [0.1, 0.15) is 5.82 Å². The monoisotopic (exact) mass is 444 g/mol. The van der Waals surface area contributed by atoms with E-state index in [1.54, 1.807) is 6.92 Å². The molecule has 0 bridgehead atoms. The van der Waals surface area contributed by atoms with E-state index < -0.39 is 29.4 Å². The lowest BCUT2D eigenvalue weighted by atomic mass is 9.74. The van der Waals surface area contributed by atoms with Crippen molar-refractivity contribution in [1.82, 2.24) is 5.32 Å². The Morgan fingerprint density at radius 1 is 1.09 bits per heavy atom. The Morgan fingerprint density at radius 2 is 1.81 bits per heavy atom. The molecule has 0 fully saturated rings. The lowest BCUT2D eigenvalue weighted by Gasteiger charge is -2.34. The third-order valence-electron chi connectivity index (χ3n) is 5.67. The van der Waals surface area contributed by atoms with Crippen LogP contribution in [0.1, 0.15) is 43.2 Å². The number of alkyl halides is 3. The van der Waals surface area contributed by atoms with Crippen LogP contribution in [-0.4, -0.2) is 11.7 Å². The van der Waals surface area contributed by atoms with Crippen LogP contribution >= 0.6 is 0 Å². The molecule has 0 spiro atoms. The Labute approximate surface area is 182 Å². The number of Topliss-reactive ketones (excluding diaryl/α,β-unsaturated/α-hetero) is 1. The summed E-state index contributed by atoms with van der Waals surface area (Å²) >= 11 is 0. The van der Waals surface area contributed by atoms with Crippen molar-refractivity contribution in [1.29, 1.82) is 0 Å². The molecule has 1 aliphatic carbocycles. The molecule has 4 nitrogen and oxygen atoms in total. The third kappa shape index (κ3) is 4.17. The maximum Gasteiger partial charge on any atom is 0.416 e. The van der Waals surface area contributed by atoms with E-state index in [2.05, 4.69) is 10.6 Å². The topological polar surface area (TPSA) is 58.2 Å². The number of rotatable bonds is 3. The van der Waals surface area contributed by atoms with E-state index in [-0.39, 0.29) is 23.3 Å². The average Bonchev–Trinajstić information content (AvgIpc) is 2.74. The first-order chi connectivity index (χ1) is 15.1. The SMILES string of the molecule is CC1=C(C(=O)Nc2ccc(F)cc2)C(c2cccc(C(F)(F)F)c2)C2=C(CCCC2=O)N1. The molecule has 2 aliphatic rings. The number of allylic oxidation sites excluding steroid dienone is 3. The first kappa shape index (κ1) is 21.8. The average molecular weight is 444 g/mol. The lowest BCUT2D eigenvalue weighted by molar-refractivity contribution is -0.137. The van der Waals surface area contributed by atoms with Crippen molar-refractivity contribution in [2.45, 2.75) is 38.3 Å². The number of dihydropyridines is 1. The molecule has 1 heterocycles. The number of anilines is 1. The fourth-order valence-corrected chi connectivity index (χ4v) is 4.24. The van der Waals surface area contributed by atoms with Crippen LogP contribution in [0, 0.1) is 5.82 Å². The summed E-state index contributed by atoms with van der Waals surface area (Å²) in [6.07, 6.45) is -3.10. The molecule has 2 N–H and O–H groups in total. The molecule has 2 aromatic carbocycles. The van der Waals surface area contributed by atoms with Crippen LogP contribution in [0.3, 0.4) is 0 Å². The van der Waals surface area contributed by atoms with Crippen LogP contribution < -0.4 is 10.6 Å². The van der Waals surface area contributed by atoms with Crippen molar-refractivity contribution in [3.05, 3.63) is 88.0 Å². The number of hydrogen-bond acceptors (Lipinski definition) is 3. The van der Waals surface area contributed by atoms with Crippen LogP contribution in [0.4, 0.5) is 23.2 Å². The van der Waals surface area contributed by atoms with Gasteiger partial charge in [-0.3, -0.25) is 9.59 Å². The fraction of sp³-hybridized carbons (Fsp3) is 0.250. The van der Waals surface area contributed by atoms with Gasteiger partial charge in [0.25, 0.3) is 5.91 Å². The van der Waals surface area contributed by atoms with Crippen molar-refractivity contribution in [2.75, 3.05) is 5.32 Å². The highest BCUT2D eigenvalue weighted by Crippen LogP contribution is 2.43. The number of ketones is 1. The van der Waals surface area contributed by atoms with Gasteiger partial charge in [-0.25, -0.2) is 4.39 Å². The van der Waals surface area contributed by atoms with Crippen LogP contribution in [-0.2, 0) is 15.8 Å². The minimum atomic E-state index is -4.56. The molecule has 1 amide bonds. The molecule has 0 saturated heterocycles. The summed E-state index contributed by atoms with van der Waals surface area (Å²) < 4.78 is 53.4. The summed E-state index contributed by atoms with van der Waals surface area (Å²) in [5, 5.41) is 5.78. The smallest absolute Gasteiger partial charge is 0.362 e. The van der Waals surface area contributed by atoms with Gasteiger partial charge in [0.15, 0.2) is 5.78 Å². The fourth-order valence-electron chi connectivity index (χ4n) is 4.24. The maximum atomic E-state index is 13.4. The second-order valence-electron chi connectivity index (χ2n) is 7.85. The normalized spacial score (nSPS) is 18.9. The molecule has 2 aromatic rings. The van der Waals surface area contributed by atoms with Crippen molar-refractivity contribution < 1.29 is 27.2 Å². The van der Waals surface area contributed by atoms with Gasteiger partial charge in [-0.05, 0) is 55.7 Å². The number of nitrogens with one attached hydrogen (secondary N) is 2. The van der Waals surface area contributed by atoms with Gasteiger partial charge in [0.05, 0.1) is 5.56 Å². The zero-order valence-corrected chi connectivity index (χ0v) is 17.1. The largest absolute Gasteiger partial charge is 0.416 e. The van der Waals surface area contributed by atoms with E-state index in [9.17, 15) is 27.2 Å². The van der Waals surface area contributed by atoms with Gasteiger partial charge < -0.3 is 10.6 Å². The lowest BCUT2D eigenvalue weighted by Crippen LogP contribution is -2.35. The number of carbonyl (C=O) groups is 2. The molecule has 1 unspecified atom stereocenters. The van der Waals surface area contributed by atoms with E-state index >= 15 is 0 Å². The maximum absolute atomic E-state index is 13.4. The molecule has 4 rings (SSSR count). The summed E-state index contributed by atoms with van der Waals surface area (Å²) in [6, 6.07) is 9.86. The first-order valence-electron chi connectivity index (χ1n) is 10.1. The Kier molecular flexibility index (Phi) is 5.62. The third-order valence-corrected chi connectivity index (χ3v) is 5.67. The molecule has 0 aromatic heterocycles. The Morgan fingerprint density at radius 3 is 2.50 bits per heavy atom. The molecular formula is C24H20F4N2O2. The van der Waals surface area contributed by atoms with Crippen molar-refractivity contribution >= 4 is 17.4 Å². The predicted octanol–water partition coefficient (Wildman–Crippen LogP) is 5.45. The summed E-state index contributed by atoms with van der Waals surface area (Å²) in [5.74, 6) is -2.18.